The number of fused-ring (bicyclic) bond motifs is 1. The highest BCUT2D eigenvalue weighted by Crippen LogP contribution is 2.22. The molecule has 2 rings (SSSR count). The van der Waals surface area contributed by atoms with Crippen LogP contribution in [0.2, 0.25) is 0 Å². The van der Waals surface area contributed by atoms with Crippen LogP contribution in [0, 0.1) is 13.8 Å². The smallest absolute Gasteiger partial charge is 0.152 e. The fourth-order valence-corrected chi connectivity index (χ4v) is 1.15. The first kappa shape index (κ1) is 5.59. The fourth-order valence-electron chi connectivity index (χ4n) is 1.15. The van der Waals surface area contributed by atoms with Gasteiger partial charge in [0.25, 0.3) is 0 Å². The van der Waals surface area contributed by atoms with Crippen molar-refractivity contribution >= 4 is 11.1 Å². The van der Waals surface area contributed by atoms with Gasteiger partial charge in [0, 0.05) is 11.8 Å². The number of hydrogen-bond acceptors (Lipinski definition) is 1. The molecule has 10 heavy (non-hydrogen) atoms. The highest BCUT2D eigenvalue weighted by molar-refractivity contribution is 5.77. The van der Waals surface area contributed by atoms with Crippen molar-refractivity contribution in [2.75, 3.05) is 0 Å². The SMILES string of the molecule is Cc1oc2cc[nH]c2c1C. The normalized spacial score (nSPS) is 11.0. The molecule has 0 aliphatic heterocycles. The maximum absolute atomic E-state index is 5.41. The summed E-state index contributed by atoms with van der Waals surface area (Å²) >= 11 is 0. The van der Waals surface area contributed by atoms with Gasteiger partial charge in [-0.15, -0.1) is 0 Å². The Kier molecular flexibility index (Phi) is 0.926. The van der Waals surface area contributed by atoms with Gasteiger partial charge in [-0.05, 0) is 19.9 Å². The molecule has 0 fully saturated rings. The largest absolute Gasteiger partial charge is 0.459 e. The Morgan fingerprint density at radius 1 is 1.40 bits per heavy atom. The van der Waals surface area contributed by atoms with E-state index in [1.165, 1.54) is 5.56 Å². The molecule has 0 radical (unpaired) electrons. The maximum Gasteiger partial charge on any atom is 0.152 e. The van der Waals surface area contributed by atoms with Crippen LogP contribution in [0.1, 0.15) is 11.3 Å². The molecule has 0 spiro atoms. The Bertz CT molecular complexity index is 356. The summed E-state index contributed by atoms with van der Waals surface area (Å²) in [4.78, 5) is 3.11. The third-order valence-corrected chi connectivity index (χ3v) is 1.87. The summed E-state index contributed by atoms with van der Waals surface area (Å²) in [7, 11) is 0. The number of rotatable bonds is 0. The molecular formula is C8H9NO. The van der Waals surface area contributed by atoms with Crippen LogP contribution in [0.5, 0.6) is 0 Å². The van der Waals surface area contributed by atoms with E-state index in [1.807, 2.05) is 19.2 Å². The number of hydrogen-bond donors (Lipinski definition) is 1. The van der Waals surface area contributed by atoms with Crippen molar-refractivity contribution in [3.8, 4) is 0 Å². The predicted molar refractivity (Wildman–Crippen MR) is 40.0 cm³/mol. The molecule has 2 nitrogen and oxygen atoms in total. The van der Waals surface area contributed by atoms with Gasteiger partial charge in [0.15, 0.2) is 5.58 Å². The van der Waals surface area contributed by atoms with E-state index in [4.69, 9.17) is 4.42 Å². The summed E-state index contributed by atoms with van der Waals surface area (Å²) < 4.78 is 5.41. The van der Waals surface area contributed by atoms with Crippen molar-refractivity contribution in [3.63, 3.8) is 0 Å². The second kappa shape index (κ2) is 1.66. The van der Waals surface area contributed by atoms with E-state index in [0.717, 1.165) is 16.9 Å². The van der Waals surface area contributed by atoms with Crippen LogP contribution in [0.15, 0.2) is 16.7 Å². The fraction of sp³-hybridized carbons (Fsp3) is 0.250. The summed E-state index contributed by atoms with van der Waals surface area (Å²) in [5.41, 5.74) is 3.28. The van der Waals surface area contributed by atoms with Crippen LogP contribution in [0.3, 0.4) is 0 Å². The first-order chi connectivity index (χ1) is 4.79. The van der Waals surface area contributed by atoms with E-state index in [9.17, 15) is 0 Å². The van der Waals surface area contributed by atoms with Crippen molar-refractivity contribution in [1.82, 2.24) is 4.98 Å². The van der Waals surface area contributed by atoms with Gasteiger partial charge in [0.05, 0.1) is 5.52 Å². The van der Waals surface area contributed by atoms with Crippen molar-refractivity contribution in [1.29, 1.82) is 0 Å². The lowest BCUT2D eigenvalue weighted by molar-refractivity contribution is 0.575. The average molecular weight is 135 g/mol. The van der Waals surface area contributed by atoms with Crippen molar-refractivity contribution in [2.45, 2.75) is 13.8 Å². The standard InChI is InChI=1S/C8H9NO/c1-5-6(2)10-7-3-4-9-8(5)7/h3-4,9H,1-2H3. The van der Waals surface area contributed by atoms with E-state index < -0.39 is 0 Å². The Balaban J connectivity index is 2.95. The van der Waals surface area contributed by atoms with Crippen LogP contribution >= 0.6 is 0 Å². The zero-order chi connectivity index (χ0) is 7.14. The van der Waals surface area contributed by atoms with Gasteiger partial charge in [0.2, 0.25) is 0 Å². The van der Waals surface area contributed by atoms with Gasteiger partial charge in [-0.2, -0.15) is 0 Å². The molecule has 2 heterocycles. The Labute approximate surface area is 58.8 Å². The van der Waals surface area contributed by atoms with Crippen molar-refractivity contribution < 1.29 is 4.42 Å². The number of aryl methyl sites for hydroxylation is 2. The van der Waals surface area contributed by atoms with E-state index >= 15 is 0 Å². The number of furan rings is 1. The molecule has 0 aliphatic carbocycles. The van der Waals surface area contributed by atoms with Gasteiger partial charge >= 0.3 is 0 Å². The molecule has 0 atom stereocenters. The van der Waals surface area contributed by atoms with Gasteiger partial charge in [-0.3, -0.25) is 0 Å². The molecule has 0 unspecified atom stereocenters. The molecule has 0 aliphatic rings. The average Bonchev–Trinajstić information content (AvgIpc) is 2.41. The summed E-state index contributed by atoms with van der Waals surface area (Å²) in [5, 5.41) is 0. The van der Waals surface area contributed by atoms with Crippen molar-refractivity contribution in [2.24, 2.45) is 0 Å². The Morgan fingerprint density at radius 3 is 2.90 bits per heavy atom. The molecule has 2 aromatic heterocycles. The zero-order valence-electron chi connectivity index (χ0n) is 6.06. The van der Waals surface area contributed by atoms with Crippen molar-refractivity contribution in [3.05, 3.63) is 23.6 Å². The van der Waals surface area contributed by atoms with E-state index in [0.29, 0.717) is 0 Å². The van der Waals surface area contributed by atoms with E-state index in [-0.39, 0.29) is 0 Å². The maximum atomic E-state index is 5.41. The lowest BCUT2D eigenvalue weighted by Crippen LogP contribution is -1.69. The minimum Gasteiger partial charge on any atom is -0.459 e. The number of nitrogens with one attached hydrogen (secondary N) is 1. The van der Waals surface area contributed by atoms with Gasteiger partial charge in [-0.1, -0.05) is 0 Å². The lowest BCUT2D eigenvalue weighted by atomic mass is 10.3. The van der Waals surface area contributed by atoms with Crippen LogP contribution in [0.4, 0.5) is 0 Å². The quantitative estimate of drug-likeness (QED) is 0.590. The van der Waals surface area contributed by atoms with Crippen LogP contribution in [0.25, 0.3) is 11.1 Å². The molecule has 1 N–H and O–H groups in total. The number of aromatic amines is 1. The van der Waals surface area contributed by atoms with Gasteiger partial charge < -0.3 is 9.40 Å². The second-order valence-corrected chi connectivity index (χ2v) is 2.50. The highest BCUT2D eigenvalue weighted by atomic mass is 16.3. The van der Waals surface area contributed by atoms with Crippen LogP contribution < -0.4 is 0 Å². The summed E-state index contributed by atoms with van der Waals surface area (Å²) in [5.74, 6) is 1.00. The van der Waals surface area contributed by atoms with Crippen LogP contribution in [-0.4, -0.2) is 4.98 Å². The third kappa shape index (κ3) is 0.533. The summed E-state index contributed by atoms with van der Waals surface area (Å²) in [6.07, 6.45) is 1.89. The molecule has 0 aromatic carbocycles. The summed E-state index contributed by atoms with van der Waals surface area (Å²) in [6, 6.07) is 1.94. The second-order valence-electron chi connectivity index (χ2n) is 2.50. The minimum absolute atomic E-state index is 0.954. The van der Waals surface area contributed by atoms with Crippen LogP contribution in [-0.2, 0) is 0 Å². The van der Waals surface area contributed by atoms with E-state index in [1.54, 1.807) is 0 Å². The van der Waals surface area contributed by atoms with Gasteiger partial charge in [0.1, 0.15) is 5.76 Å². The topological polar surface area (TPSA) is 28.9 Å². The lowest BCUT2D eigenvalue weighted by Gasteiger charge is -1.82. The first-order valence-corrected chi connectivity index (χ1v) is 3.32. The molecule has 52 valence electrons. The zero-order valence-corrected chi connectivity index (χ0v) is 6.06. The summed E-state index contributed by atoms with van der Waals surface area (Å²) in [6.45, 7) is 4.03. The third-order valence-electron chi connectivity index (χ3n) is 1.87. The highest BCUT2D eigenvalue weighted by Gasteiger charge is 2.05. The Morgan fingerprint density at radius 2 is 2.20 bits per heavy atom. The monoisotopic (exact) mass is 135 g/mol. The van der Waals surface area contributed by atoms with Gasteiger partial charge in [-0.25, -0.2) is 0 Å². The molecule has 0 amide bonds. The predicted octanol–water partition coefficient (Wildman–Crippen LogP) is 2.38. The molecule has 0 saturated carbocycles. The Hall–Kier alpha value is -1.18. The molecule has 2 aromatic rings. The number of H-pyrrole nitrogens is 1. The molecule has 0 bridgehead atoms. The first-order valence-electron chi connectivity index (χ1n) is 3.32. The molecular weight excluding hydrogens is 126 g/mol. The molecule has 2 heteroatoms. The van der Waals surface area contributed by atoms with E-state index in [2.05, 4.69) is 11.9 Å². The number of aromatic nitrogens is 1. The minimum atomic E-state index is 0.954. The molecule has 0 saturated heterocycles.